The molecule has 1 aromatic rings. The first kappa shape index (κ1) is 13.0. The summed E-state index contributed by atoms with van der Waals surface area (Å²) >= 11 is 5.22. The molecule has 0 bridgehead atoms. The Labute approximate surface area is 98.7 Å². The normalized spacial score (nSPS) is 10.7. The van der Waals surface area contributed by atoms with Crippen molar-refractivity contribution in [2.45, 2.75) is 32.1 Å². The maximum absolute atomic E-state index is 5.22. The van der Waals surface area contributed by atoms with Crippen molar-refractivity contribution in [1.29, 1.82) is 0 Å². The van der Waals surface area contributed by atoms with E-state index in [-0.39, 0.29) is 18.9 Å². The maximum Gasteiger partial charge on any atom is 1.00 e. The fourth-order valence-corrected chi connectivity index (χ4v) is 1.44. The Balaban J connectivity index is 0.00000144. The summed E-state index contributed by atoms with van der Waals surface area (Å²) in [5.41, 5.74) is 1.62. The minimum Gasteiger partial charge on any atom is -0.779 e. The van der Waals surface area contributed by atoms with E-state index in [0.717, 1.165) is 11.3 Å². The zero-order valence-corrected chi connectivity index (χ0v) is 9.74. The van der Waals surface area contributed by atoms with Crippen molar-refractivity contribution in [3.63, 3.8) is 0 Å². The molecule has 0 N–H and O–H groups in total. The summed E-state index contributed by atoms with van der Waals surface area (Å²) < 4.78 is 0. The molecule has 13 heavy (non-hydrogen) atoms. The molecule has 0 radical (unpaired) electrons. The largest absolute Gasteiger partial charge is 1.00 e. The van der Waals surface area contributed by atoms with Gasteiger partial charge in [0.1, 0.15) is 0 Å². The fraction of sp³-hybridized carbons (Fsp3) is 0.455. The summed E-state index contributed by atoms with van der Waals surface area (Å²) in [4.78, 5) is 0.993. The number of hydrogen-bond acceptors (Lipinski definition) is 1. The van der Waals surface area contributed by atoms with E-state index in [1.165, 1.54) is 5.56 Å². The van der Waals surface area contributed by atoms with Gasteiger partial charge >= 0.3 is 18.9 Å². The van der Waals surface area contributed by atoms with Gasteiger partial charge in [0.15, 0.2) is 0 Å². The van der Waals surface area contributed by atoms with Crippen LogP contribution in [0.5, 0.6) is 0 Å². The van der Waals surface area contributed by atoms with Gasteiger partial charge in [0.05, 0.1) is 0 Å². The molecule has 0 fully saturated rings. The average Bonchev–Trinajstić information content (AvgIpc) is 1.91. The van der Waals surface area contributed by atoms with Crippen LogP contribution in [0.4, 0.5) is 0 Å². The third-order valence-corrected chi connectivity index (χ3v) is 2.09. The smallest absolute Gasteiger partial charge is 0.779 e. The molecule has 0 atom stereocenters. The first-order valence-corrected chi connectivity index (χ1v) is 4.65. The molecule has 0 nitrogen and oxygen atoms in total. The molecule has 0 aromatic heterocycles. The number of hydrogen-bond donors (Lipinski definition) is 0. The molecular formula is C11H15LiS. The van der Waals surface area contributed by atoms with Gasteiger partial charge in [-0.05, 0) is 11.8 Å². The van der Waals surface area contributed by atoms with E-state index >= 15 is 0 Å². The Morgan fingerprint density at radius 3 is 2.15 bits per heavy atom. The quantitative estimate of drug-likeness (QED) is 0.445. The Hall–Kier alpha value is 0.0374. The van der Waals surface area contributed by atoms with Gasteiger partial charge in [0, 0.05) is 0 Å². The molecule has 0 aliphatic heterocycles. The van der Waals surface area contributed by atoms with Crippen molar-refractivity contribution in [2.24, 2.45) is 5.41 Å². The van der Waals surface area contributed by atoms with E-state index in [9.17, 15) is 0 Å². The molecule has 0 saturated heterocycles. The summed E-state index contributed by atoms with van der Waals surface area (Å²) in [6, 6.07) is 8.16. The second kappa shape index (κ2) is 5.05. The first-order valence-electron chi connectivity index (χ1n) is 4.24. The molecule has 66 valence electrons. The summed E-state index contributed by atoms with van der Waals surface area (Å²) in [5, 5.41) is 0. The molecule has 0 aliphatic rings. The summed E-state index contributed by atoms with van der Waals surface area (Å²) in [7, 11) is 0. The van der Waals surface area contributed by atoms with Crippen molar-refractivity contribution in [1.82, 2.24) is 0 Å². The molecule has 0 amide bonds. The molecule has 0 saturated carbocycles. The second-order valence-electron chi connectivity index (χ2n) is 4.35. The zero-order chi connectivity index (χ0) is 9.19. The second-order valence-corrected chi connectivity index (χ2v) is 4.78. The molecule has 0 aliphatic carbocycles. The third-order valence-electron chi connectivity index (χ3n) is 1.69. The average molecular weight is 186 g/mol. The van der Waals surface area contributed by atoms with Gasteiger partial charge in [-0.3, -0.25) is 0 Å². The van der Waals surface area contributed by atoms with Crippen LogP contribution >= 0.6 is 0 Å². The van der Waals surface area contributed by atoms with Crippen molar-refractivity contribution in [3.05, 3.63) is 29.8 Å². The van der Waals surface area contributed by atoms with E-state index in [0.29, 0.717) is 5.41 Å². The zero-order valence-electron chi connectivity index (χ0n) is 8.92. The van der Waals surface area contributed by atoms with Gasteiger partial charge in [0.25, 0.3) is 0 Å². The number of rotatable bonds is 1. The molecule has 0 unspecified atom stereocenters. The van der Waals surface area contributed by atoms with E-state index in [4.69, 9.17) is 12.6 Å². The van der Waals surface area contributed by atoms with E-state index in [1.807, 2.05) is 12.1 Å². The Bertz CT molecular complexity index is 263. The van der Waals surface area contributed by atoms with Gasteiger partial charge in [0.2, 0.25) is 0 Å². The minimum absolute atomic E-state index is 0. The van der Waals surface area contributed by atoms with Crippen LogP contribution in [0.15, 0.2) is 29.2 Å². The van der Waals surface area contributed by atoms with Crippen LogP contribution in [0, 0.1) is 5.41 Å². The van der Waals surface area contributed by atoms with Crippen molar-refractivity contribution < 1.29 is 18.9 Å². The topological polar surface area (TPSA) is 0 Å². The van der Waals surface area contributed by atoms with Crippen LogP contribution in [0.1, 0.15) is 26.3 Å². The molecule has 0 spiro atoms. The molecular weight excluding hydrogens is 171 g/mol. The van der Waals surface area contributed by atoms with Crippen LogP contribution < -0.4 is 18.9 Å². The van der Waals surface area contributed by atoms with E-state index < -0.39 is 0 Å². The van der Waals surface area contributed by atoms with Gasteiger partial charge in [-0.1, -0.05) is 50.6 Å². The Morgan fingerprint density at radius 2 is 1.69 bits per heavy atom. The third kappa shape index (κ3) is 4.72. The monoisotopic (exact) mass is 186 g/mol. The standard InChI is InChI=1S/C11H16S.Li/c1-11(2,3)8-9-6-4-5-7-10(9)12;/h4-7,12H,8H2,1-3H3;/q;+1/p-1. The van der Waals surface area contributed by atoms with Crippen LogP contribution in [-0.4, -0.2) is 0 Å². The minimum atomic E-state index is 0. The summed E-state index contributed by atoms with van der Waals surface area (Å²) in [5.74, 6) is 0. The molecule has 0 heterocycles. The van der Waals surface area contributed by atoms with Crippen molar-refractivity contribution in [2.75, 3.05) is 0 Å². The predicted molar refractivity (Wildman–Crippen MR) is 55.2 cm³/mol. The van der Waals surface area contributed by atoms with Crippen LogP contribution in [0.25, 0.3) is 0 Å². The van der Waals surface area contributed by atoms with E-state index in [1.54, 1.807) is 0 Å². The summed E-state index contributed by atoms with van der Waals surface area (Å²) in [6.45, 7) is 6.69. The molecule has 1 aromatic carbocycles. The van der Waals surface area contributed by atoms with Crippen LogP contribution in [0.3, 0.4) is 0 Å². The van der Waals surface area contributed by atoms with Gasteiger partial charge in [-0.15, -0.1) is 0 Å². The van der Waals surface area contributed by atoms with Crippen LogP contribution in [-0.2, 0) is 19.0 Å². The Morgan fingerprint density at radius 1 is 1.15 bits per heavy atom. The van der Waals surface area contributed by atoms with Gasteiger partial charge in [-0.25, -0.2) is 0 Å². The maximum atomic E-state index is 5.22. The molecule has 2 heteroatoms. The SMILES string of the molecule is CC(C)(C)Cc1ccccc1[S-].[Li+]. The summed E-state index contributed by atoms with van der Waals surface area (Å²) in [6.07, 6.45) is 1.06. The van der Waals surface area contributed by atoms with Gasteiger partial charge < -0.3 is 12.6 Å². The van der Waals surface area contributed by atoms with Crippen molar-refractivity contribution >= 4 is 12.6 Å². The predicted octanol–water partition coefficient (Wildman–Crippen LogP) is 0.185. The van der Waals surface area contributed by atoms with Crippen LogP contribution in [0.2, 0.25) is 0 Å². The van der Waals surface area contributed by atoms with E-state index in [2.05, 4.69) is 32.9 Å². The molecule has 1 rings (SSSR count). The fourth-order valence-electron chi connectivity index (χ4n) is 1.22. The van der Waals surface area contributed by atoms with Gasteiger partial charge in [-0.2, -0.15) is 4.90 Å². The first-order chi connectivity index (χ1) is 5.49. The number of benzene rings is 1. The van der Waals surface area contributed by atoms with Crippen molar-refractivity contribution in [3.8, 4) is 0 Å². The Kier molecular flexibility index (Phi) is 5.07.